The van der Waals surface area contributed by atoms with E-state index in [9.17, 15) is 9.59 Å². The van der Waals surface area contributed by atoms with E-state index in [-0.39, 0.29) is 18.4 Å². The van der Waals surface area contributed by atoms with Crippen LogP contribution in [0.3, 0.4) is 0 Å². The van der Waals surface area contributed by atoms with Crippen LogP contribution in [0.1, 0.15) is 6.92 Å². The summed E-state index contributed by atoms with van der Waals surface area (Å²) in [6.07, 6.45) is 0. The third kappa shape index (κ3) is 4.82. The summed E-state index contributed by atoms with van der Waals surface area (Å²) < 4.78 is 5.96. The second kappa shape index (κ2) is 7.78. The monoisotopic (exact) mass is 376 g/mol. The van der Waals surface area contributed by atoms with Crippen molar-refractivity contribution in [1.82, 2.24) is 0 Å². The first kappa shape index (κ1) is 17.0. The van der Waals surface area contributed by atoms with Gasteiger partial charge in [-0.1, -0.05) is 28.1 Å². The normalized spacial score (nSPS) is 10.0. The molecule has 0 spiro atoms. The van der Waals surface area contributed by atoms with Crippen molar-refractivity contribution in [3.05, 3.63) is 53.0 Å². The van der Waals surface area contributed by atoms with Crippen LogP contribution in [0.4, 0.5) is 11.4 Å². The van der Waals surface area contributed by atoms with E-state index in [2.05, 4.69) is 21.2 Å². The van der Waals surface area contributed by atoms with Gasteiger partial charge in [0.1, 0.15) is 12.3 Å². The van der Waals surface area contributed by atoms with Gasteiger partial charge in [-0.15, -0.1) is 0 Å². The second-order valence-electron chi connectivity index (χ2n) is 4.87. The van der Waals surface area contributed by atoms with Crippen LogP contribution in [-0.2, 0) is 9.59 Å². The van der Waals surface area contributed by atoms with Gasteiger partial charge in [-0.05, 0) is 30.3 Å². The fraction of sp³-hybridized carbons (Fsp3) is 0.176. The van der Waals surface area contributed by atoms with Gasteiger partial charge < -0.3 is 15.0 Å². The molecular weight excluding hydrogens is 360 g/mol. The first-order chi connectivity index (χ1) is 11.0. The fourth-order valence-electron chi connectivity index (χ4n) is 2.07. The van der Waals surface area contributed by atoms with Gasteiger partial charge in [-0.2, -0.15) is 0 Å². The van der Waals surface area contributed by atoms with Gasteiger partial charge in [0.05, 0.1) is 7.11 Å². The summed E-state index contributed by atoms with van der Waals surface area (Å²) in [5.74, 6) is 0.163. The van der Waals surface area contributed by atoms with Gasteiger partial charge in [0.2, 0.25) is 11.8 Å². The van der Waals surface area contributed by atoms with E-state index >= 15 is 0 Å². The Balaban J connectivity index is 2.10. The maximum Gasteiger partial charge on any atom is 0.244 e. The number of methoxy groups -OCH3 is 1. The number of carbonyl (C=O) groups excluding carboxylic acids is 2. The Morgan fingerprint density at radius 3 is 2.57 bits per heavy atom. The molecule has 0 saturated heterocycles. The molecule has 2 aromatic rings. The first-order valence-corrected chi connectivity index (χ1v) is 7.76. The van der Waals surface area contributed by atoms with E-state index < -0.39 is 0 Å². The van der Waals surface area contributed by atoms with E-state index in [1.54, 1.807) is 43.5 Å². The molecule has 5 nitrogen and oxygen atoms in total. The quantitative estimate of drug-likeness (QED) is 0.869. The van der Waals surface area contributed by atoms with Crippen LogP contribution in [0.15, 0.2) is 53.0 Å². The molecule has 1 N–H and O–H groups in total. The van der Waals surface area contributed by atoms with Crippen molar-refractivity contribution in [2.45, 2.75) is 6.92 Å². The summed E-state index contributed by atoms with van der Waals surface area (Å²) in [5.41, 5.74) is 1.28. The third-order valence-electron chi connectivity index (χ3n) is 3.16. The molecule has 0 atom stereocenters. The van der Waals surface area contributed by atoms with Crippen molar-refractivity contribution < 1.29 is 14.3 Å². The highest BCUT2D eigenvalue weighted by Gasteiger charge is 2.16. The van der Waals surface area contributed by atoms with Crippen molar-refractivity contribution in [2.24, 2.45) is 0 Å². The molecule has 2 aromatic carbocycles. The number of halogens is 1. The maximum atomic E-state index is 12.2. The molecule has 0 unspecified atom stereocenters. The Labute approximate surface area is 143 Å². The number of anilines is 2. The number of hydrogen-bond donors (Lipinski definition) is 1. The Bertz CT molecular complexity index is 718. The van der Waals surface area contributed by atoms with Crippen molar-refractivity contribution in [1.29, 1.82) is 0 Å². The van der Waals surface area contributed by atoms with Crippen LogP contribution < -0.4 is 15.0 Å². The van der Waals surface area contributed by atoms with Crippen LogP contribution in [0.2, 0.25) is 0 Å². The second-order valence-corrected chi connectivity index (χ2v) is 5.78. The van der Waals surface area contributed by atoms with Crippen LogP contribution in [-0.4, -0.2) is 25.5 Å². The summed E-state index contributed by atoms with van der Waals surface area (Å²) in [5, 5.41) is 2.76. The highest BCUT2D eigenvalue weighted by Crippen LogP contribution is 2.21. The molecule has 0 aliphatic rings. The van der Waals surface area contributed by atoms with Crippen molar-refractivity contribution in [3.8, 4) is 5.75 Å². The number of amides is 2. The number of hydrogen-bond acceptors (Lipinski definition) is 3. The number of rotatable bonds is 5. The molecule has 6 heteroatoms. The number of carbonyl (C=O) groups is 2. The van der Waals surface area contributed by atoms with Gasteiger partial charge in [-0.25, -0.2) is 0 Å². The molecule has 0 aromatic heterocycles. The molecule has 0 heterocycles. The van der Waals surface area contributed by atoms with Crippen LogP contribution in [0, 0.1) is 0 Å². The highest BCUT2D eigenvalue weighted by molar-refractivity contribution is 9.10. The predicted molar refractivity (Wildman–Crippen MR) is 93.8 cm³/mol. The van der Waals surface area contributed by atoms with Gasteiger partial charge in [0.15, 0.2) is 0 Å². The van der Waals surface area contributed by atoms with E-state index in [4.69, 9.17) is 4.74 Å². The van der Waals surface area contributed by atoms with E-state index in [0.29, 0.717) is 17.1 Å². The van der Waals surface area contributed by atoms with Crippen LogP contribution in [0.25, 0.3) is 0 Å². The number of ether oxygens (including phenoxy) is 1. The Kier molecular flexibility index (Phi) is 5.76. The average molecular weight is 377 g/mol. The minimum atomic E-state index is -0.284. The number of nitrogens with one attached hydrogen (secondary N) is 1. The van der Waals surface area contributed by atoms with Gasteiger partial charge in [0.25, 0.3) is 0 Å². The zero-order chi connectivity index (χ0) is 16.8. The minimum absolute atomic E-state index is 0.0665. The molecule has 2 rings (SSSR count). The number of benzene rings is 2. The lowest BCUT2D eigenvalue weighted by atomic mass is 10.2. The summed E-state index contributed by atoms with van der Waals surface area (Å²) in [6.45, 7) is 1.36. The summed E-state index contributed by atoms with van der Waals surface area (Å²) in [4.78, 5) is 25.5. The molecule has 0 saturated carbocycles. The van der Waals surface area contributed by atoms with Crippen molar-refractivity contribution in [2.75, 3.05) is 23.9 Å². The fourth-order valence-corrected chi connectivity index (χ4v) is 2.46. The molecule has 23 heavy (non-hydrogen) atoms. The van der Waals surface area contributed by atoms with Gasteiger partial charge >= 0.3 is 0 Å². The topological polar surface area (TPSA) is 58.6 Å². The Morgan fingerprint density at radius 2 is 1.91 bits per heavy atom. The van der Waals surface area contributed by atoms with Gasteiger partial charge in [0, 0.05) is 28.8 Å². The lowest BCUT2D eigenvalue weighted by Gasteiger charge is -2.21. The zero-order valence-electron chi connectivity index (χ0n) is 12.9. The standard InChI is InChI=1S/C17H17BrN2O3/c1-12(21)20(15-7-3-5-13(18)9-15)11-17(22)19-14-6-4-8-16(10-14)23-2/h3-10H,11H2,1-2H3,(H,19,22). The minimum Gasteiger partial charge on any atom is -0.497 e. The van der Waals surface area contributed by atoms with Crippen molar-refractivity contribution in [3.63, 3.8) is 0 Å². The largest absolute Gasteiger partial charge is 0.497 e. The SMILES string of the molecule is COc1cccc(NC(=O)CN(C(C)=O)c2cccc(Br)c2)c1. The number of nitrogens with zero attached hydrogens (tertiary/aromatic N) is 1. The lowest BCUT2D eigenvalue weighted by Crippen LogP contribution is -2.36. The molecule has 0 aliphatic heterocycles. The molecule has 2 amide bonds. The average Bonchev–Trinajstić information content (AvgIpc) is 2.52. The first-order valence-electron chi connectivity index (χ1n) is 6.97. The lowest BCUT2D eigenvalue weighted by molar-refractivity contribution is -0.120. The molecular formula is C17H17BrN2O3. The molecule has 0 fully saturated rings. The van der Waals surface area contributed by atoms with Crippen molar-refractivity contribution >= 4 is 39.1 Å². The Hall–Kier alpha value is -2.34. The van der Waals surface area contributed by atoms with E-state index in [1.165, 1.54) is 11.8 Å². The molecule has 0 bridgehead atoms. The zero-order valence-corrected chi connectivity index (χ0v) is 14.5. The van der Waals surface area contributed by atoms with E-state index in [0.717, 1.165) is 4.47 Å². The van der Waals surface area contributed by atoms with Crippen LogP contribution in [0.5, 0.6) is 5.75 Å². The van der Waals surface area contributed by atoms with Crippen LogP contribution >= 0.6 is 15.9 Å². The molecule has 0 aliphatic carbocycles. The third-order valence-corrected chi connectivity index (χ3v) is 3.65. The van der Waals surface area contributed by atoms with Gasteiger partial charge in [-0.3, -0.25) is 9.59 Å². The Morgan fingerprint density at radius 1 is 1.17 bits per heavy atom. The summed E-state index contributed by atoms with van der Waals surface area (Å²) in [7, 11) is 1.56. The van der Waals surface area contributed by atoms with E-state index in [1.807, 2.05) is 12.1 Å². The maximum absolute atomic E-state index is 12.2. The highest BCUT2D eigenvalue weighted by atomic mass is 79.9. The summed E-state index contributed by atoms with van der Waals surface area (Å²) in [6, 6.07) is 14.3. The molecule has 0 radical (unpaired) electrons. The molecule has 120 valence electrons. The smallest absolute Gasteiger partial charge is 0.244 e. The summed E-state index contributed by atoms with van der Waals surface area (Å²) >= 11 is 3.36. The predicted octanol–water partition coefficient (Wildman–Crippen LogP) is 3.45.